The third-order valence-electron chi connectivity index (χ3n) is 1.21. The second-order valence-electron chi connectivity index (χ2n) is 2.63. The molecule has 0 radical (unpaired) electrons. The van der Waals surface area contributed by atoms with Gasteiger partial charge in [0.25, 0.3) is 0 Å². The molecule has 0 aliphatic carbocycles. The Morgan fingerprint density at radius 2 is 1.53 bits per heavy atom. The number of nitrogens with two attached hydrogens (primary N) is 4. The molecule has 10 nitrogen and oxygen atoms in total. The van der Waals surface area contributed by atoms with Crippen molar-refractivity contribution in [3.05, 3.63) is 0 Å². The van der Waals surface area contributed by atoms with Crippen LogP contribution in [-0.4, -0.2) is 21.6 Å². The lowest BCUT2D eigenvalue weighted by molar-refractivity contribution is 0.230. The van der Waals surface area contributed by atoms with Crippen molar-refractivity contribution in [1.29, 1.82) is 0 Å². The highest BCUT2D eigenvalue weighted by molar-refractivity contribution is 7.33. The molecule has 1 atom stereocenters. The van der Waals surface area contributed by atoms with E-state index in [0.29, 0.717) is 6.61 Å². The molecule has 1 aromatic rings. The molecule has 0 spiro atoms. The highest BCUT2D eigenvalue weighted by Crippen LogP contribution is 2.19. The molecule has 1 heterocycles. The lowest BCUT2D eigenvalue weighted by Crippen LogP contribution is -2.05. The molecule has 0 amide bonds. The van der Waals surface area contributed by atoms with Crippen LogP contribution in [0.2, 0.25) is 0 Å². The van der Waals surface area contributed by atoms with E-state index < -0.39 is 8.25 Å². The minimum Gasteiger partial charge on any atom is -0.368 e. The molecule has 1 unspecified atom stereocenters. The van der Waals surface area contributed by atoms with E-state index in [1.54, 1.807) is 0 Å². The molecule has 1 aromatic heterocycles. The van der Waals surface area contributed by atoms with E-state index in [1.807, 2.05) is 6.92 Å². The first-order valence-corrected chi connectivity index (χ1v) is 5.78. The molecule has 0 aliphatic heterocycles. The third kappa shape index (κ3) is 8.34. The molecule has 8 N–H and O–H groups in total. The number of hydrogen-bond acceptors (Lipinski definition) is 10. The van der Waals surface area contributed by atoms with Crippen LogP contribution in [0.25, 0.3) is 0 Å². The standard InChI is InChI=1S/C3H6N6.C3H10NO3P/c4-1-7-2(5)9-3(6)8-1;1-2-3-6-8(5)7-4/h(H6,4,5,6,7,8,9);8H,2-4H2,1H3. The van der Waals surface area contributed by atoms with Crippen LogP contribution in [0.1, 0.15) is 13.3 Å². The van der Waals surface area contributed by atoms with Crippen molar-refractivity contribution in [2.75, 3.05) is 23.8 Å². The van der Waals surface area contributed by atoms with Gasteiger partial charge in [-0.2, -0.15) is 15.0 Å². The van der Waals surface area contributed by atoms with Gasteiger partial charge >= 0.3 is 8.25 Å². The molecular weight excluding hydrogens is 249 g/mol. The van der Waals surface area contributed by atoms with Crippen LogP contribution in [0, 0.1) is 0 Å². The zero-order valence-electron chi connectivity index (χ0n) is 9.29. The summed E-state index contributed by atoms with van der Waals surface area (Å²) in [5, 5.41) is 0. The van der Waals surface area contributed by atoms with E-state index in [1.165, 1.54) is 0 Å². The van der Waals surface area contributed by atoms with E-state index in [9.17, 15) is 4.57 Å². The molecule has 98 valence electrons. The van der Waals surface area contributed by atoms with Crippen molar-refractivity contribution < 1.29 is 13.7 Å². The largest absolute Gasteiger partial charge is 0.368 e. The summed E-state index contributed by atoms with van der Waals surface area (Å²) in [5.74, 6) is 4.65. The van der Waals surface area contributed by atoms with Gasteiger partial charge in [0.2, 0.25) is 17.8 Å². The normalized spacial score (nSPS) is 11.4. The van der Waals surface area contributed by atoms with Crippen molar-refractivity contribution in [3.63, 3.8) is 0 Å². The van der Waals surface area contributed by atoms with E-state index in [4.69, 9.17) is 17.2 Å². The minimum absolute atomic E-state index is 0.0417. The molecule has 1 rings (SSSR count). The highest BCUT2D eigenvalue weighted by Gasteiger charge is 1.94. The van der Waals surface area contributed by atoms with Crippen LogP contribution >= 0.6 is 8.25 Å². The predicted molar refractivity (Wildman–Crippen MR) is 63.6 cm³/mol. The molecule has 11 heteroatoms. The van der Waals surface area contributed by atoms with Gasteiger partial charge in [0, 0.05) is 0 Å². The summed E-state index contributed by atoms with van der Waals surface area (Å²) < 4.78 is 18.6. The fraction of sp³-hybridized carbons (Fsp3) is 0.500. The summed E-state index contributed by atoms with van der Waals surface area (Å²) in [4.78, 5) is 10.5. The Morgan fingerprint density at radius 3 is 1.82 bits per heavy atom. The van der Waals surface area contributed by atoms with Gasteiger partial charge in [0.1, 0.15) is 0 Å². The molecule has 0 bridgehead atoms. The van der Waals surface area contributed by atoms with Crippen LogP contribution in [0.15, 0.2) is 0 Å². The Morgan fingerprint density at radius 1 is 1.12 bits per heavy atom. The minimum atomic E-state index is -2.36. The van der Waals surface area contributed by atoms with Gasteiger partial charge in [-0.3, -0.25) is 4.57 Å². The van der Waals surface area contributed by atoms with Crippen LogP contribution in [0.3, 0.4) is 0 Å². The third-order valence-corrected chi connectivity index (χ3v) is 1.84. The van der Waals surface area contributed by atoms with Gasteiger partial charge in [0.05, 0.1) is 6.61 Å². The Hall–Kier alpha value is -1.48. The topological polar surface area (TPSA) is 178 Å². The van der Waals surface area contributed by atoms with Gasteiger partial charge < -0.3 is 21.7 Å². The van der Waals surface area contributed by atoms with Crippen LogP contribution in [-0.2, 0) is 13.7 Å². The number of aromatic nitrogens is 3. The number of nitrogen functional groups attached to an aromatic ring is 3. The monoisotopic (exact) mass is 265 g/mol. The molecule has 0 saturated carbocycles. The Balaban J connectivity index is 0.000000304. The maximum absolute atomic E-state index is 10.2. The summed E-state index contributed by atoms with van der Waals surface area (Å²) in [6.45, 7) is 2.35. The second-order valence-corrected chi connectivity index (χ2v) is 3.65. The number of nitrogens with zero attached hydrogens (tertiary/aromatic N) is 3. The summed E-state index contributed by atoms with van der Waals surface area (Å²) in [5.41, 5.74) is 15.4. The molecule has 0 fully saturated rings. The quantitative estimate of drug-likeness (QED) is 0.402. The fourth-order valence-corrected chi connectivity index (χ4v) is 1.09. The first kappa shape index (κ1) is 15.5. The highest BCUT2D eigenvalue weighted by atomic mass is 31.1. The molecular formula is C6H16N7O3P. The predicted octanol–water partition coefficient (Wildman–Crippen LogP) is -0.689. The summed E-state index contributed by atoms with van der Waals surface area (Å²) in [6.07, 6.45) is 0.819. The zero-order valence-corrected chi connectivity index (χ0v) is 10.3. The maximum Gasteiger partial charge on any atom is 0.335 e. The van der Waals surface area contributed by atoms with Crippen molar-refractivity contribution in [1.82, 2.24) is 15.0 Å². The molecule has 0 aromatic carbocycles. The lowest BCUT2D eigenvalue weighted by atomic mass is 10.5. The van der Waals surface area contributed by atoms with Crippen molar-refractivity contribution in [2.24, 2.45) is 5.90 Å². The summed E-state index contributed by atoms with van der Waals surface area (Å²) in [7, 11) is -2.36. The average molecular weight is 265 g/mol. The molecule has 0 saturated heterocycles. The Bertz CT molecular complexity index is 313. The Labute approximate surface area is 98.6 Å². The van der Waals surface area contributed by atoms with Gasteiger partial charge in [-0.1, -0.05) is 6.92 Å². The van der Waals surface area contributed by atoms with E-state index in [-0.39, 0.29) is 17.8 Å². The van der Waals surface area contributed by atoms with Crippen LogP contribution in [0.5, 0.6) is 0 Å². The first-order valence-electron chi connectivity index (χ1n) is 4.55. The second kappa shape index (κ2) is 8.65. The summed E-state index contributed by atoms with van der Waals surface area (Å²) >= 11 is 0. The van der Waals surface area contributed by atoms with E-state index >= 15 is 0 Å². The Kier molecular flexibility index (Phi) is 7.89. The van der Waals surface area contributed by atoms with E-state index in [2.05, 4.69) is 30.0 Å². The van der Waals surface area contributed by atoms with E-state index in [0.717, 1.165) is 6.42 Å². The number of rotatable bonds is 4. The van der Waals surface area contributed by atoms with Crippen molar-refractivity contribution in [2.45, 2.75) is 13.3 Å². The van der Waals surface area contributed by atoms with Crippen LogP contribution in [0.4, 0.5) is 17.8 Å². The van der Waals surface area contributed by atoms with Crippen molar-refractivity contribution >= 4 is 26.1 Å². The smallest absolute Gasteiger partial charge is 0.335 e. The first-order chi connectivity index (χ1) is 7.99. The van der Waals surface area contributed by atoms with Gasteiger partial charge in [-0.05, 0) is 6.42 Å². The molecule has 0 aliphatic rings. The van der Waals surface area contributed by atoms with Crippen LogP contribution < -0.4 is 23.1 Å². The number of hydrogen-bond donors (Lipinski definition) is 4. The average Bonchev–Trinajstić information content (AvgIpc) is 2.24. The SMILES string of the molecule is CCCO[PH](=O)ON.Nc1nc(N)nc(N)n1. The zero-order chi connectivity index (χ0) is 13.3. The number of anilines is 3. The summed E-state index contributed by atoms with van der Waals surface area (Å²) in [6, 6.07) is 0. The van der Waals surface area contributed by atoms with Gasteiger partial charge in [-0.15, -0.1) is 0 Å². The maximum atomic E-state index is 10.2. The molecule has 17 heavy (non-hydrogen) atoms. The van der Waals surface area contributed by atoms with Crippen molar-refractivity contribution in [3.8, 4) is 0 Å². The fourth-order valence-electron chi connectivity index (χ4n) is 0.647. The van der Waals surface area contributed by atoms with Gasteiger partial charge in [-0.25, -0.2) is 10.5 Å². The lowest BCUT2D eigenvalue weighted by Gasteiger charge is -1.96. The van der Waals surface area contributed by atoms with Gasteiger partial charge in [0.15, 0.2) is 0 Å².